The Labute approximate surface area is 490 Å². The molecule has 1 amide bonds. The van der Waals surface area contributed by atoms with Crippen LogP contribution in [0.15, 0.2) is 42.7 Å². The first-order valence-electron chi connectivity index (χ1n) is 31.6. The molecule has 0 radical (unpaired) electrons. The van der Waals surface area contributed by atoms with Gasteiger partial charge in [-0.15, -0.1) is 0 Å². The lowest BCUT2D eigenvalue weighted by atomic mass is 9.26. The lowest BCUT2D eigenvalue weighted by Gasteiger charge is -2.78. The molecule has 1 spiro atoms. The Hall–Kier alpha value is -4.24. The number of imidazole rings is 2. The highest BCUT2D eigenvalue weighted by atomic mass is 16.7. The number of carboxylic acid groups (broad SMARTS) is 1. The fourth-order valence-corrected chi connectivity index (χ4v) is 23.4. The van der Waals surface area contributed by atoms with Gasteiger partial charge >= 0.3 is 5.97 Å². The van der Waals surface area contributed by atoms with Crippen molar-refractivity contribution in [2.75, 3.05) is 31.7 Å². The third-order valence-electron chi connectivity index (χ3n) is 27.0. The van der Waals surface area contributed by atoms with E-state index in [1.165, 1.54) is 6.33 Å². The molecule has 84 heavy (non-hydrogen) atoms. The molecule has 5 heterocycles. The summed E-state index contributed by atoms with van der Waals surface area (Å²) in [6, 6.07) is -0.855. The van der Waals surface area contributed by atoms with Gasteiger partial charge in [-0.2, -0.15) is 0 Å². The van der Waals surface area contributed by atoms with Gasteiger partial charge in [0.15, 0.2) is 6.29 Å². The number of carboxylic acids is 1. The van der Waals surface area contributed by atoms with E-state index in [1.54, 1.807) is 12.5 Å². The number of anilines is 1. The average molecular weight is 1160 g/mol. The summed E-state index contributed by atoms with van der Waals surface area (Å²) in [6.45, 7) is 8.43. The summed E-state index contributed by atoms with van der Waals surface area (Å²) in [6.07, 6.45) is 7.59. The summed E-state index contributed by atoms with van der Waals surface area (Å²) >= 11 is 0. The zero-order valence-electron chi connectivity index (χ0n) is 48.9. The molecule has 20 nitrogen and oxygen atoms in total. The molecule has 9 aliphatic carbocycles. The van der Waals surface area contributed by atoms with Gasteiger partial charge < -0.3 is 81.8 Å². The number of hydrogen-bond acceptors (Lipinski definition) is 16. The van der Waals surface area contributed by atoms with Crippen LogP contribution in [0.4, 0.5) is 5.82 Å². The lowest BCUT2D eigenvalue weighted by Crippen LogP contribution is -2.78. The minimum absolute atomic E-state index is 0.0845. The van der Waals surface area contributed by atoms with Crippen molar-refractivity contribution < 1.29 is 65.0 Å². The van der Waals surface area contributed by atoms with E-state index in [2.05, 4.69) is 70.3 Å². The second-order valence-electron chi connectivity index (χ2n) is 29.8. The molecule has 0 aromatic carbocycles. The fraction of sp³-hybridized carbons (Fsp3) is 0.781. The maximum Gasteiger partial charge on any atom is 0.310 e. The number of aliphatic hydroxyl groups is 8. The zero-order chi connectivity index (χ0) is 59.1. The van der Waals surface area contributed by atoms with E-state index >= 15 is 4.79 Å². The fourth-order valence-electron chi connectivity index (χ4n) is 23.4. The van der Waals surface area contributed by atoms with Gasteiger partial charge in [0.1, 0.15) is 30.4 Å². The highest BCUT2D eigenvalue weighted by Crippen LogP contribution is 2.83. The van der Waals surface area contributed by atoms with Crippen molar-refractivity contribution >= 4 is 17.7 Å². The number of aliphatic carboxylic acids is 1. The SMILES string of the molecule is CC1(CO)CCC2(C(=O)O)C(C1)C1=CC3C#CC4CCCC45C(=O)NC4C5C(C=CC4(c4cnc[nH]4)C(O)CC(N)O)C4C(O)C(OC5OCC(O)C(O)C5O)C(C)(CO)C5CCC(C)(C3C45C3CCCC3)C1(C)C1Cc3[nH]cnc3NCC12. The summed E-state index contributed by atoms with van der Waals surface area (Å²) < 4.78 is 13.1. The summed E-state index contributed by atoms with van der Waals surface area (Å²) in [5.41, 5.74) is 0.596. The van der Waals surface area contributed by atoms with Crippen molar-refractivity contribution in [2.24, 2.45) is 109 Å². The van der Waals surface area contributed by atoms with E-state index in [1.807, 2.05) is 13.0 Å². The number of nitrogens with two attached hydrogens (primary N) is 1. The molecule has 2 saturated heterocycles. The molecule has 20 heteroatoms. The average Bonchev–Trinajstić information content (AvgIpc) is 0.870. The maximum atomic E-state index is 16.0. The third kappa shape index (κ3) is 7.17. The number of nitrogens with one attached hydrogen (secondary N) is 4. The van der Waals surface area contributed by atoms with Gasteiger partial charge in [-0.05, 0) is 127 Å². The Kier molecular flexibility index (Phi) is 13.4. The Morgan fingerprint density at radius 3 is 2.42 bits per heavy atom. The minimum atomic E-state index is -1.72. The van der Waals surface area contributed by atoms with Gasteiger partial charge in [-0.25, -0.2) is 9.97 Å². The lowest BCUT2D eigenvalue weighted by molar-refractivity contribution is -0.356. The van der Waals surface area contributed by atoms with E-state index in [9.17, 15) is 50.8 Å². The van der Waals surface area contributed by atoms with Crippen molar-refractivity contribution in [1.82, 2.24) is 25.3 Å². The minimum Gasteiger partial charge on any atom is -0.481 e. The van der Waals surface area contributed by atoms with Gasteiger partial charge in [0.2, 0.25) is 5.91 Å². The number of aromatic amines is 2. The third-order valence-corrected chi connectivity index (χ3v) is 27.0. The number of rotatable bonds is 10. The van der Waals surface area contributed by atoms with Gasteiger partial charge in [-0.1, -0.05) is 82.6 Å². The summed E-state index contributed by atoms with van der Waals surface area (Å²) in [5.74, 6) is 2.50. The molecule has 8 fully saturated rings. The zero-order valence-corrected chi connectivity index (χ0v) is 48.9. The standard InChI is InChI=1S/C64H89N7O13/c1-57(27-72)18-19-62(56(81)82)37(23-57)35-20-31-11-12-32-10-7-15-61(32)46-34(13-17-63(42-25-66-29-69-42,43(75)22-44(65)76)51(46)71-55(61)80)45-48(78)52(84-54-49(79)47(77)40(74)26-83-54)58(2,28-73)41-14-16-59(3,50(31)64(41,45)33-8-5-6-9-33)60(35,4)36-21-39-53(70-30-68-39)67-24-38(36)62/h13,17,20,25,29-34,36-38,40-41,43-52,54,67,72-79H,5-10,14-16,18-19,21-24,26-28,65H2,1-4H3,(H,66,69)(H,68,70)(H,71,80)(H,81,82). The van der Waals surface area contributed by atoms with Crippen molar-refractivity contribution in [1.29, 1.82) is 0 Å². The summed E-state index contributed by atoms with van der Waals surface area (Å²) in [4.78, 5) is 46.9. The van der Waals surface area contributed by atoms with Crippen LogP contribution in [-0.4, -0.2) is 159 Å². The Morgan fingerprint density at radius 1 is 0.917 bits per heavy atom. The molecule has 0 bridgehead atoms. The number of nitrogens with zero attached hydrogens (tertiary/aromatic N) is 2. The van der Waals surface area contributed by atoms with Gasteiger partial charge in [0.25, 0.3) is 0 Å². The van der Waals surface area contributed by atoms with E-state index in [4.69, 9.17) is 20.2 Å². The van der Waals surface area contributed by atoms with E-state index in [0.29, 0.717) is 75.8 Å². The molecule has 15 N–H and O–H groups in total. The van der Waals surface area contributed by atoms with Crippen LogP contribution >= 0.6 is 0 Å². The van der Waals surface area contributed by atoms with Crippen LogP contribution in [-0.2, 0) is 30.9 Å². The number of ether oxygens (including phenoxy) is 2. The van der Waals surface area contributed by atoms with Gasteiger partial charge in [-0.3, -0.25) is 9.59 Å². The molecule has 458 valence electrons. The number of hydrogen-bond donors (Lipinski definition) is 14. The number of amides is 1. The van der Waals surface area contributed by atoms with Crippen LogP contribution in [0, 0.1) is 115 Å². The normalized spacial score (nSPS) is 51.3. The second kappa shape index (κ2) is 19.6. The van der Waals surface area contributed by atoms with Crippen LogP contribution in [0.5, 0.6) is 0 Å². The predicted molar refractivity (Wildman–Crippen MR) is 303 cm³/mol. The molecule has 2 aromatic heterocycles. The van der Waals surface area contributed by atoms with Crippen LogP contribution in [0.25, 0.3) is 0 Å². The topological polar surface area (TPSA) is 342 Å². The number of H-pyrrole nitrogens is 2. The van der Waals surface area contributed by atoms with Crippen molar-refractivity contribution in [3.63, 3.8) is 0 Å². The van der Waals surface area contributed by atoms with Crippen molar-refractivity contribution in [3.05, 3.63) is 54.0 Å². The van der Waals surface area contributed by atoms with Gasteiger partial charge in [0.05, 0.1) is 72.2 Å². The quantitative estimate of drug-likeness (QED) is 0.0704. The van der Waals surface area contributed by atoms with Crippen molar-refractivity contribution in [3.8, 4) is 11.8 Å². The molecule has 6 saturated carbocycles. The van der Waals surface area contributed by atoms with Crippen LogP contribution in [0.1, 0.15) is 123 Å². The monoisotopic (exact) mass is 1160 g/mol. The smallest absolute Gasteiger partial charge is 0.310 e. The number of aliphatic hydroxyl groups excluding tert-OH is 8. The molecule has 27 unspecified atom stereocenters. The van der Waals surface area contributed by atoms with E-state index in [0.717, 1.165) is 37.0 Å². The summed E-state index contributed by atoms with van der Waals surface area (Å²) in [5, 5.41) is 115. The molecule has 27 atom stereocenters. The highest BCUT2D eigenvalue weighted by molar-refractivity contribution is 5.88. The first kappa shape index (κ1) is 57.5. The summed E-state index contributed by atoms with van der Waals surface area (Å²) in [7, 11) is 0. The van der Waals surface area contributed by atoms with Crippen LogP contribution in [0.2, 0.25) is 0 Å². The Morgan fingerprint density at radius 2 is 1.70 bits per heavy atom. The second-order valence-corrected chi connectivity index (χ2v) is 29.8. The van der Waals surface area contributed by atoms with Crippen LogP contribution < -0.4 is 16.4 Å². The Balaban J connectivity index is 1.09. The Bertz CT molecular complexity index is 3050. The maximum absolute atomic E-state index is 16.0. The van der Waals surface area contributed by atoms with Gasteiger partial charge in [0, 0.05) is 60.5 Å². The number of carbonyl (C=O) groups is 2. The highest BCUT2D eigenvalue weighted by Gasteiger charge is 2.82. The molecular weight excluding hydrogens is 1070 g/mol. The largest absolute Gasteiger partial charge is 0.481 e. The number of fused-ring (bicyclic) bond motifs is 9. The molecule has 12 aliphatic rings. The molecule has 3 aliphatic heterocycles. The van der Waals surface area contributed by atoms with Crippen LogP contribution in [0.3, 0.4) is 0 Å². The number of allylic oxidation sites excluding steroid dienone is 3. The number of carbonyl (C=O) groups excluding carboxylic acids is 1. The molecule has 14 rings (SSSR count). The van der Waals surface area contributed by atoms with E-state index < -0.39 is 153 Å². The first-order valence-corrected chi connectivity index (χ1v) is 31.6. The first-order chi connectivity index (χ1) is 40.1. The molecular formula is C64H89N7O13. The number of aromatic nitrogens is 4. The predicted octanol–water partition coefficient (Wildman–Crippen LogP) is 2.87. The molecule has 2 aromatic rings. The van der Waals surface area contributed by atoms with E-state index in [-0.39, 0.29) is 49.2 Å². The van der Waals surface area contributed by atoms with Crippen molar-refractivity contribution in [2.45, 2.75) is 178 Å².